The molecule has 1 N–H and O–H groups in total. The fourth-order valence-corrected chi connectivity index (χ4v) is 2.70. The number of hydrogen-bond donors (Lipinski definition) is 1. The molecule has 1 heterocycles. The van der Waals surface area contributed by atoms with Crippen molar-refractivity contribution in [3.05, 3.63) is 53.6 Å². The van der Waals surface area contributed by atoms with E-state index in [0.717, 1.165) is 23.3 Å². The predicted molar refractivity (Wildman–Crippen MR) is 82.0 cm³/mol. The van der Waals surface area contributed by atoms with Crippen molar-refractivity contribution in [1.29, 1.82) is 0 Å². The van der Waals surface area contributed by atoms with E-state index < -0.39 is 6.10 Å². The summed E-state index contributed by atoms with van der Waals surface area (Å²) < 4.78 is 12.0. The Morgan fingerprint density at radius 3 is 2.57 bits per heavy atom. The first kappa shape index (κ1) is 14.0. The number of ether oxygens (including phenoxy) is 2. The van der Waals surface area contributed by atoms with Gasteiger partial charge in [0.1, 0.15) is 11.4 Å². The van der Waals surface area contributed by atoms with E-state index in [2.05, 4.69) is 19.9 Å². The summed E-state index contributed by atoms with van der Waals surface area (Å²) in [7, 11) is 0. The van der Waals surface area contributed by atoms with Crippen molar-refractivity contribution in [3.8, 4) is 17.2 Å². The van der Waals surface area contributed by atoms with Crippen LogP contribution in [0.2, 0.25) is 0 Å². The van der Waals surface area contributed by atoms with Crippen LogP contribution in [0.1, 0.15) is 38.0 Å². The maximum atomic E-state index is 9.85. The Hall–Kier alpha value is -2.00. The first-order chi connectivity index (χ1) is 9.96. The standard InChI is InChI=1S/C18H20O3/c1-12(19)14-8-4-5-9-15(14)20-16-10-6-7-13-11-18(2,3)21-17(13)16/h4-10,12,19H,11H2,1-3H3. The Morgan fingerprint density at radius 1 is 1.10 bits per heavy atom. The van der Waals surface area contributed by atoms with Gasteiger partial charge in [-0.05, 0) is 32.9 Å². The highest BCUT2D eigenvalue weighted by Gasteiger charge is 2.32. The molecule has 1 unspecified atom stereocenters. The van der Waals surface area contributed by atoms with Crippen LogP contribution in [0.15, 0.2) is 42.5 Å². The molecule has 0 amide bonds. The molecule has 110 valence electrons. The van der Waals surface area contributed by atoms with Crippen LogP contribution in [0, 0.1) is 0 Å². The highest BCUT2D eigenvalue weighted by atomic mass is 16.5. The average Bonchev–Trinajstić information content (AvgIpc) is 2.74. The summed E-state index contributed by atoms with van der Waals surface area (Å²) in [5, 5.41) is 9.85. The van der Waals surface area contributed by atoms with E-state index in [4.69, 9.17) is 9.47 Å². The molecule has 0 radical (unpaired) electrons. The van der Waals surface area contributed by atoms with Crippen molar-refractivity contribution in [1.82, 2.24) is 0 Å². The van der Waals surface area contributed by atoms with Gasteiger partial charge in [0, 0.05) is 17.5 Å². The molecular weight excluding hydrogens is 264 g/mol. The summed E-state index contributed by atoms with van der Waals surface area (Å²) >= 11 is 0. The number of fused-ring (bicyclic) bond motifs is 1. The lowest BCUT2D eigenvalue weighted by atomic mass is 10.0. The molecule has 0 fully saturated rings. The van der Waals surface area contributed by atoms with E-state index in [-0.39, 0.29) is 5.60 Å². The van der Waals surface area contributed by atoms with Crippen LogP contribution in [0.5, 0.6) is 17.2 Å². The molecule has 3 heteroatoms. The van der Waals surface area contributed by atoms with Crippen molar-refractivity contribution >= 4 is 0 Å². The Kier molecular flexibility index (Phi) is 3.38. The molecule has 0 aromatic heterocycles. The second-order valence-corrected chi connectivity index (χ2v) is 6.10. The van der Waals surface area contributed by atoms with Gasteiger partial charge in [0.05, 0.1) is 6.10 Å². The van der Waals surface area contributed by atoms with Crippen LogP contribution in [0.25, 0.3) is 0 Å². The maximum absolute atomic E-state index is 9.85. The number of aliphatic hydroxyl groups is 1. The van der Waals surface area contributed by atoms with Crippen molar-refractivity contribution in [3.63, 3.8) is 0 Å². The second kappa shape index (κ2) is 5.08. The van der Waals surface area contributed by atoms with E-state index in [1.165, 1.54) is 0 Å². The van der Waals surface area contributed by atoms with Crippen molar-refractivity contribution in [2.24, 2.45) is 0 Å². The Labute approximate surface area is 125 Å². The summed E-state index contributed by atoms with van der Waals surface area (Å²) in [6.45, 7) is 5.87. The van der Waals surface area contributed by atoms with Crippen LogP contribution in [0.3, 0.4) is 0 Å². The minimum absolute atomic E-state index is 0.203. The highest BCUT2D eigenvalue weighted by Crippen LogP contribution is 2.44. The summed E-state index contributed by atoms with van der Waals surface area (Å²) in [5.41, 5.74) is 1.73. The summed E-state index contributed by atoms with van der Waals surface area (Å²) in [5.74, 6) is 2.17. The first-order valence-electron chi connectivity index (χ1n) is 7.22. The van der Waals surface area contributed by atoms with Crippen molar-refractivity contribution in [2.45, 2.75) is 38.9 Å². The van der Waals surface area contributed by atoms with Crippen LogP contribution in [-0.2, 0) is 6.42 Å². The van der Waals surface area contributed by atoms with E-state index >= 15 is 0 Å². The van der Waals surface area contributed by atoms with Gasteiger partial charge in [-0.25, -0.2) is 0 Å². The lowest BCUT2D eigenvalue weighted by Gasteiger charge is -2.19. The molecule has 0 spiro atoms. The largest absolute Gasteiger partial charge is 0.483 e. The molecule has 21 heavy (non-hydrogen) atoms. The summed E-state index contributed by atoms with van der Waals surface area (Å²) in [6, 6.07) is 13.5. The van der Waals surface area contributed by atoms with Crippen LogP contribution in [-0.4, -0.2) is 10.7 Å². The zero-order valence-corrected chi connectivity index (χ0v) is 12.6. The third kappa shape index (κ3) is 2.74. The zero-order chi connectivity index (χ0) is 15.0. The Balaban J connectivity index is 1.97. The predicted octanol–water partition coefficient (Wildman–Crippen LogP) is 4.25. The fraction of sp³-hybridized carbons (Fsp3) is 0.333. The van der Waals surface area contributed by atoms with Crippen LogP contribution in [0.4, 0.5) is 0 Å². The quantitative estimate of drug-likeness (QED) is 0.916. The molecule has 0 bridgehead atoms. The minimum Gasteiger partial charge on any atom is -0.483 e. The molecule has 1 atom stereocenters. The maximum Gasteiger partial charge on any atom is 0.169 e. The molecule has 3 nitrogen and oxygen atoms in total. The van der Waals surface area contributed by atoms with Gasteiger partial charge in [-0.1, -0.05) is 30.3 Å². The molecule has 1 aliphatic heterocycles. The van der Waals surface area contributed by atoms with E-state index in [1.807, 2.05) is 36.4 Å². The Bertz CT molecular complexity index is 659. The lowest BCUT2D eigenvalue weighted by molar-refractivity contribution is 0.134. The highest BCUT2D eigenvalue weighted by molar-refractivity contribution is 5.52. The molecule has 0 saturated carbocycles. The number of benzene rings is 2. The van der Waals surface area contributed by atoms with E-state index in [1.54, 1.807) is 6.92 Å². The van der Waals surface area contributed by atoms with Gasteiger partial charge in [-0.2, -0.15) is 0 Å². The van der Waals surface area contributed by atoms with Gasteiger partial charge in [0.25, 0.3) is 0 Å². The lowest BCUT2D eigenvalue weighted by Crippen LogP contribution is -2.24. The third-order valence-corrected chi connectivity index (χ3v) is 3.64. The molecule has 0 aliphatic carbocycles. The number of hydrogen-bond acceptors (Lipinski definition) is 3. The van der Waals surface area contributed by atoms with Gasteiger partial charge < -0.3 is 14.6 Å². The molecule has 1 aliphatic rings. The zero-order valence-electron chi connectivity index (χ0n) is 12.6. The topological polar surface area (TPSA) is 38.7 Å². The molecule has 3 rings (SSSR count). The van der Waals surface area contributed by atoms with Crippen molar-refractivity contribution in [2.75, 3.05) is 0 Å². The smallest absolute Gasteiger partial charge is 0.169 e. The third-order valence-electron chi connectivity index (χ3n) is 3.64. The molecule has 0 saturated heterocycles. The number of para-hydroxylation sites is 2. The molecule has 2 aromatic rings. The summed E-state index contributed by atoms with van der Waals surface area (Å²) in [6.07, 6.45) is 0.299. The molecular formula is C18H20O3. The Morgan fingerprint density at radius 2 is 1.81 bits per heavy atom. The van der Waals surface area contributed by atoms with Gasteiger partial charge in [-0.3, -0.25) is 0 Å². The summed E-state index contributed by atoms with van der Waals surface area (Å²) in [4.78, 5) is 0. The van der Waals surface area contributed by atoms with E-state index in [9.17, 15) is 5.11 Å². The van der Waals surface area contributed by atoms with Crippen LogP contribution >= 0.6 is 0 Å². The van der Waals surface area contributed by atoms with Gasteiger partial charge >= 0.3 is 0 Å². The van der Waals surface area contributed by atoms with E-state index in [0.29, 0.717) is 11.5 Å². The number of rotatable bonds is 3. The fourth-order valence-electron chi connectivity index (χ4n) is 2.70. The average molecular weight is 284 g/mol. The van der Waals surface area contributed by atoms with Gasteiger partial charge in [0.2, 0.25) is 0 Å². The second-order valence-electron chi connectivity index (χ2n) is 6.10. The van der Waals surface area contributed by atoms with Gasteiger partial charge in [0.15, 0.2) is 11.5 Å². The van der Waals surface area contributed by atoms with Crippen molar-refractivity contribution < 1.29 is 14.6 Å². The van der Waals surface area contributed by atoms with Gasteiger partial charge in [-0.15, -0.1) is 0 Å². The van der Waals surface area contributed by atoms with Crippen LogP contribution < -0.4 is 9.47 Å². The first-order valence-corrected chi connectivity index (χ1v) is 7.22. The molecule has 2 aromatic carbocycles. The minimum atomic E-state index is -0.574. The number of aliphatic hydroxyl groups excluding tert-OH is 1. The SMILES string of the molecule is CC(O)c1ccccc1Oc1cccc2c1OC(C)(C)C2. The monoisotopic (exact) mass is 284 g/mol. The normalized spacial score (nSPS) is 17.0.